The molecule has 1 fully saturated rings. The number of aromatic nitrogens is 2. The Morgan fingerprint density at radius 3 is 2.45 bits per heavy atom. The highest BCUT2D eigenvalue weighted by Crippen LogP contribution is 2.33. The smallest absolute Gasteiger partial charge is 0.326 e. The van der Waals surface area contributed by atoms with Gasteiger partial charge < -0.3 is 10.4 Å². The predicted molar refractivity (Wildman–Crippen MR) is 73.6 cm³/mol. The Hall–Kier alpha value is -1.85. The highest BCUT2D eigenvalue weighted by molar-refractivity contribution is 5.97. The number of aliphatic carboxylic acids is 1. The zero-order chi connectivity index (χ0) is 15.1. The molecule has 1 aromatic heterocycles. The lowest BCUT2D eigenvalue weighted by molar-refractivity contribution is -0.139. The van der Waals surface area contributed by atoms with Crippen molar-refractivity contribution in [3.63, 3.8) is 0 Å². The van der Waals surface area contributed by atoms with Crippen molar-refractivity contribution in [2.45, 2.75) is 52.1 Å². The molecule has 1 atom stereocenters. The lowest BCUT2D eigenvalue weighted by Gasteiger charge is -2.21. The van der Waals surface area contributed by atoms with Gasteiger partial charge in [0.2, 0.25) is 0 Å². The molecule has 0 bridgehead atoms. The molecule has 1 aliphatic rings. The van der Waals surface area contributed by atoms with E-state index in [1.54, 1.807) is 4.68 Å². The molecule has 1 unspecified atom stereocenters. The van der Waals surface area contributed by atoms with Gasteiger partial charge in [0.1, 0.15) is 6.04 Å². The Bertz CT molecular complexity index is 538. The summed E-state index contributed by atoms with van der Waals surface area (Å²) in [5, 5.41) is 16.0. The number of amides is 1. The molecular formula is C14H21N3O3. The molecule has 0 spiro atoms. The van der Waals surface area contributed by atoms with Crippen LogP contribution in [0.3, 0.4) is 0 Å². The summed E-state index contributed by atoms with van der Waals surface area (Å²) in [4.78, 5) is 23.4. The van der Waals surface area contributed by atoms with Gasteiger partial charge in [0.05, 0.1) is 17.3 Å². The third-order valence-corrected chi connectivity index (χ3v) is 3.54. The van der Waals surface area contributed by atoms with Crippen LogP contribution in [0.25, 0.3) is 0 Å². The summed E-state index contributed by atoms with van der Waals surface area (Å²) in [5.74, 6) is -1.27. The van der Waals surface area contributed by atoms with Gasteiger partial charge in [-0.3, -0.25) is 9.48 Å². The first-order valence-corrected chi connectivity index (χ1v) is 6.80. The minimum atomic E-state index is -0.971. The van der Waals surface area contributed by atoms with Gasteiger partial charge in [-0.2, -0.15) is 5.10 Å². The molecule has 1 aromatic rings. The third-order valence-electron chi connectivity index (χ3n) is 3.54. The summed E-state index contributed by atoms with van der Waals surface area (Å²) >= 11 is 0. The Labute approximate surface area is 118 Å². The van der Waals surface area contributed by atoms with Crippen molar-refractivity contribution in [1.82, 2.24) is 15.1 Å². The average Bonchev–Trinajstić information content (AvgIpc) is 3.06. The second kappa shape index (κ2) is 4.92. The summed E-state index contributed by atoms with van der Waals surface area (Å²) in [6.45, 7) is 7.82. The number of carboxylic acids is 1. The van der Waals surface area contributed by atoms with E-state index in [0.29, 0.717) is 5.56 Å². The van der Waals surface area contributed by atoms with Crippen molar-refractivity contribution in [3.05, 3.63) is 17.5 Å². The SMILES string of the molecule is Cc1c(C(=O)NC(C(=O)O)C2CC2)cnn1C(C)(C)C. The fourth-order valence-corrected chi connectivity index (χ4v) is 2.34. The van der Waals surface area contributed by atoms with E-state index >= 15 is 0 Å². The second-order valence-electron chi connectivity index (χ2n) is 6.35. The number of nitrogens with zero attached hydrogens (tertiary/aromatic N) is 2. The van der Waals surface area contributed by atoms with Crippen molar-refractivity contribution < 1.29 is 14.7 Å². The zero-order valence-electron chi connectivity index (χ0n) is 12.3. The van der Waals surface area contributed by atoms with Gasteiger partial charge in [-0.1, -0.05) is 0 Å². The second-order valence-corrected chi connectivity index (χ2v) is 6.35. The van der Waals surface area contributed by atoms with Gasteiger partial charge in [0, 0.05) is 5.69 Å². The van der Waals surface area contributed by atoms with E-state index in [1.165, 1.54) is 6.20 Å². The number of carbonyl (C=O) groups is 2. The Morgan fingerprint density at radius 1 is 1.45 bits per heavy atom. The fourth-order valence-electron chi connectivity index (χ4n) is 2.34. The summed E-state index contributed by atoms with van der Waals surface area (Å²) in [6, 6.07) is -0.792. The van der Waals surface area contributed by atoms with E-state index < -0.39 is 12.0 Å². The molecule has 1 amide bonds. The van der Waals surface area contributed by atoms with E-state index in [4.69, 9.17) is 5.11 Å². The van der Waals surface area contributed by atoms with Crippen LogP contribution in [0, 0.1) is 12.8 Å². The van der Waals surface area contributed by atoms with Crippen molar-refractivity contribution in [2.75, 3.05) is 0 Å². The first-order chi connectivity index (χ1) is 9.21. The van der Waals surface area contributed by atoms with Gasteiger partial charge >= 0.3 is 5.97 Å². The van der Waals surface area contributed by atoms with Crippen LogP contribution in [-0.4, -0.2) is 32.8 Å². The Morgan fingerprint density at radius 2 is 2.05 bits per heavy atom. The summed E-state index contributed by atoms with van der Waals surface area (Å²) in [7, 11) is 0. The van der Waals surface area contributed by atoms with Crippen LogP contribution in [0.1, 0.15) is 49.7 Å². The van der Waals surface area contributed by atoms with Crippen LogP contribution < -0.4 is 5.32 Å². The van der Waals surface area contributed by atoms with Crippen LogP contribution >= 0.6 is 0 Å². The topological polar surface area (TPSA) is 84.2 Å². The zero-order valence-corrected chi connectivity index (χ0v) is 12.3. The first kappa shape index (κ1) is 14.6. The van der Waals surface area contributed by atoms with Crippen molar-refractivity contribution in [1.29, 1.82) is 0 Å². The molecule has 0 aliphatic heterocycles. The summed E-state index contributed by atoms with van der Waals surface area (Å²) < 4.78 is 1.77. The maximum Gasteiger partial charge on any atom is 0.326 e. The molecule has 1 saturated carbocycles. The molecule has 6 heteroatoms. The van der Waals surface area contributed by atoms with Crippen LogP contribution in [0.4, 0.5) is 0 Å². The minimum absolute atomic E-state index is 0.0643. The molecule has 2 rings (SSSR count). The molecular weight excluding hydrogens is 258 g/mol. The van der Waals surface area contributed by atoms with Crippen LogP contribution in [0.2, 0.25) is 0 Å². The number of nitrogens with one attached hydrogen (secondary N) is 1. The van der Waals surface area contributed by atoms with E-state index in [9.17, 15) is 9.59 Å². The van der Waals surface area contributed by atoms with Crippen LogP contribution in [0.5, 0.6) is 0 Å². The molecule has 1 aliphatic carbocycles. The summed E-state index contributed by atoms with van der Waals surface area (Å²) in [5.41, 5.74) is 0.965. The molecule has 0 aromatic carbocycles. The quantitative estimate of drug-likeness (QED) is 0.875. The molecule has 0 saturated heterocycles. The number of carboxylic acid groups (broad SMARTS) is 1. The third kappa shape index (κ3) is 2.84. The van der Waals surface area contributed by atoms with E-state index in [2.05, 4.69) is 10.4 Å². The van der Waals surface area contributed by atoms with Gasteiger partial charge in [0.15, 0.2) is 0 Å². The van der Waals surface area contributed by atoms with Gasteiger partial charge in [-0.25, -0.2) is 4.79 Å². The Kier molecular flexibility index (Phi) is 3.58. The van der Waals surface area contributed by atoms with Crippen LogP contribution in [-0.2, 0) is 10.3 Å². The standard InChI is InChI=1S/C14H21N3O3/c1-8-10(7-15-17(8)14(2,3)4)12(18)16-11(13(19)20)9-5-6-9/h7,9,11H,5-6H2,1-4H3,(H,16,18)(H,19,20). The lowest BCUT2D eigenvalue weighted by Crippen LogP contribution is -2.42. The van der Waals surface area contributed by atoms with Gasteiger partial charge in [-0.15, -0.1) is 0 Å². The lowest BCUT2D eigenvalue weighted by atomic mass is 10.1. The molecule has 110 valence electrons. The maximum absolute atomic E-state index is 12.2. The molecule has 20 heavy (non-hydrogen) atoms. The van der Waals surface area contributed by atoms with Crippen LogP contribution in [0.15, 0.2) is 6.20 Å². The normalized spacial score (nSPS) is 16.8. The van der Waals surface area contributed by atoms with Crippen molar-refractivity contribution in [3.8, 4) is 0 Å². The van der Waals surface area contributed by atoms with Gasteiger partial charge in [-0.05, 0) is 46.5 Å². The van der Waals surface area contributed by atoms with Crippen molar-refractivity contribution >= 4 is 11.9 Å². The first-order valence-electron chi connectivity index (χ1n) is 6.80. The fraction of sp³-hybridized carbons (Fsp3) is 0.643. The van der Waals surface area contributed by atoms with Gasteiger partial charge in [0.25, 0.3) is 5.91 Å². The van der Waals surface area contributed by atoms with Crippen molar-refractivity contribution in [2.24, 2.45) is 5.92 Å². The number of hydrogen-bond acceptors (Lipinski definition) is 3. The van der Waals surface area contributed by atoms with E-state index in [0.717, 1.165) is 18.5 Å². The largest absolute Gasteiger partial charge is 0.480 e. The predicted octanol–water partition coefficient (Wildman–Crippen LogP) is 1.54. The number of rotatable bonds is 4. The van der Waals surface area contributed by atoms with E-state index in [-0.39, 0.29) is 17.4 Å². The number of hydrogen-bond donors (Lipinski definition) is 2. The molecule has 0 radical (unpaired) electrons. The monoisotopic (exact) mass is 279 g/mol. The van der Waals surface area contributed by atoms with E-state index in [1.807, 2.05) is 27.7 Å². The summed E-state index contributed by atoms with van der Waals surface area (Å²) in [6.07, 6.45) is 3.22. The highest BCUT2D eigenvalue weighted by Gasteiger charge is 2.37. The molecule has 2 N–H and O–H groups in total. The average molecular weight is 279 g/mol. The molecule has 6 nitrogen and oxygen atoms in total. The molecule has 1 heterocycles. The minimum Gasteiger partial charge on any atom is -0.480 e. The highest BCUT2D eigenvalue weighted by atomic mass is 16.4. The Balaban J connectivity index is 2.17. The number of carbonyl (C=O) groups excluding carboxylic acids is 1. The maximum atomic E-state index is 12.2.